The van der Waals surface area contributed by atoms with Gasteiger partial charge in [0.25, 0.3) is 11.5 Å². The Hall–Kier alpha value is -2.40. The monoisotopic (exact) mass is 339 g/mol. The first-order valence-corrected chi connectivity index (χ1v) is 8.73. The number of amides is 1. The molecule has 0 radical (unpaired) electrons. The van der Waals surface area contributed by atoms with Crippen molar-refractivity contribution >= 4 is 5.91 Å². The normalized spacial score (nSPS) is 18.4. The number of carbonyl (C=O) groups excluding carboxylic acids is 1. The Morgan fingerprint density at radius 3 is 2.56 bits per heavy atom. The van der Waals surface area contributed by atoms with Gasteiger partial charge < -0.3 is 9.88 Å². The number of H-pyrrole nitrogens is 1. The first kappa shape index (κ1) is 17.4. The summed E-state index contributed by atoms with van der Waals surface area (Å²) in [6.45, 7) is 8.85. The van der Waals surface area contributed by atoms with Crippen LogP contribution in [0.25, 0.3) is 0 Å². The van der Waals surface area contributed by atoms with Gasteiger partial charge >= 0.3 is 0 Å². The molecule has 1 amide bonds. The molecular formula is C20H25N3O2. The molecule has 5 nitrogen and oxygen atoms in total. The van der Waals surface area contributed by atoms with Gasteiger partial charge in [-0.3, -0.25) is 14.5 Å². The summed E-state index contributed by atoms with van der Waals surface area (Å²) in [5.41, 5.74) is 2.78. The van der Waals surface area contributed by atoms with Crippen LogP contribution in [0, 0.1) is 13.8 Å². The van der Waals surface area contributed by atoms with Crippen LogP contribution >= 0.6 is 0 Å². The Kier molecular flexibility index (Phi) is 5.04. The SMILES string of the molecule is Cc1cc(C)c(C(=O)N2CCN(Cc3ccccc3)C[C@H]2C)c(=O)[nH]1. The van der Waals surface area contributed by atoms with E-state index in [9.17, 15) is 9.59 Å². The van der Waals surface area contributed by atoms with Crippen molar-refractivity contribution in [3.63, 3.8) is 0 Å². The third-order valence-electron chi connectivity index (χ3n) is 4.80. The molecule has 1 fully saturated rings. The summed E-state index contributed by atoms with van der Waals surface area (Å²) in [6, 6.07) is 12.3. The Balaban J connectivity index is 1.71. The molecule has 1 aliphatic rings. The van der Waals surface area contributed by atoms with E-state index in [4.69, 9.17) is 0 Å². The van der Waals surface area contributed by atoms with Crippen molar-refractivity contribution in [2.75, 3.05) is 19.6 Å². The fourth-order valence-electron chi connectivity index (χ4n) is 3.58. The summed E-state index contributed by atoms with van der Waals surface area (Å²) < 4.78 is 0. The van der Waals surface area contributed by atoms with Crippen molar-refractivity contribution < 1.29 is 4.79 Å². The number of pyridine rings is 1. The van der Waals surface area contributed by atoms with Gasteiger partial charge in [-0.15, -0.1) is 0 Å². The maximum Gasteiger partial charge on any atom is 0.261 e. The van der Waals surface area contributed by atoms with Gasteiger partial charge in [0, 0.05) is 37.9 Å². The number of rotatable bonds is 3. The lowest BCUT2D eigenvalue weighted by Gasteiger charge is -2.40. The predicted molar refractivity (Wildman–Crippen MR) is 98.8 cm³/mol. The molecule has 1 aromatic heterocycles. The zero-order valence-electron chi connectivity index (χ0n) is 15.1. The minimum Gasteiger partial charge on any atom is -0.333 e. The van der Waals surface area contributed by atoms with E-state index < -0.39 is 0 Å². The molecule has 132 valence electrons. The average Bonchev–Trinajstić information content (AvgIpc) is 2.54. The van der Waals surface area contributed by atoms with Crippen LogP contribution in [0.1, 0.15) is 34.1 Å². The highest BCUT2D eigenvalue weighted by Gasteiger charge is 2.30. The van der Waals surface area contributed by atoms with E-state index in [0.717, 1.165) is 30.9 Å². The summed E-state index contributed by atoms with van der Waals surface area (Å²) in [6.07, 6.45) is 0. The van der Waals surface area contributed by atoms with Crippen molar-refractivity contribution in [2.45, 2.75) is 33.4 Å². The Morgan fingerprint density at radius 2 is 1.92 bits per heavy atom. The van der Waals surface area contributed by atoms with Crippen molar-refractivity contribution in [3.05, 3.63) is 69.1 Å². The second-order valence-electron chi connectivity index (χ2n) is 6.91. The largest absolute Gasteiger partial charge is 0.333 e. The first-order chi connectivity index (χ1) is 12.0. The van der Waals surface area contributed by atoms with Gasteiger partial charge in [0.15, 0.2) is 0 Å². The van der Waals surface area contributed by atoms with E-state index in [1.165, 1.54) is 5.56 Å². The van der Waals surface area contributed by atoms with Crippen LogP contribution in [0.4, 0.5) is 0 Å². The number of piperazine rings is 1. The summed E-state index contributed by atoms with van der Waals surface area (Å²) in [5.74, 6) is -0.161. The van der Waals surface area contributed by atoms with Crippen molar-refractivity contribution in [3.8, 4) is 0 Å². The molecule has 0 aliphatic carbocycles. The molecule has 25 heavy (non-hydrogen) atoms. The number of benzene rings is 1. The summed E-state index contributed by atoms with van der Waals surface area (Å²) in [4.78, 5) is 32.1. The second-order valence-corrected chi connectivity index (χ2v) is 6.91. The van der Waals surface area contributed by atoms with Gasteiger partial charge in [0.05, 0.1) is 0 Å². The maximum absolute atomic E-state index is 12.9. The maximum atomic E-state index is 12.9. The van der Waals surface area contributed by atoms with Crippen LogP contribution in [-0.2, 0) is 6.54 Å². The van der Waals surface area contributed by atoms with Crippen molar-refractivity contribution in [1.29, 1.82) is 0 Å². The number of hydrogen-bond donors (Lipinski definition) is 1. The molecule has 1 atom stereocenters. The molecule has 1 N–H and O–H groups in total. The third kappa shape index (κ3) is 3.82. The second kappa shape index (κ2) is 7.23. The molecular weight excluding hydrogens is 314 g/mol. The lowest BCUT2D eigenvalue weighted by atomic mass is 10.1. The van der Waals surface area contributed by atoms with Crippen molar-refractivity contribution in [1.82, 2.24) is 14.8 Å². The van der Waals surface area contributed by atoms with Gasteiger partial charge in [0.1, 0.15) is 5.56 Å². The number of hydrogen-bond acceptors (Lipinski definition) is 3. The number of nitrogens with one attached hydrogen (secondary N) is 1. The van der Waals surface area contributed by atoms with Crippen LogP contribution < -0.4 is 5.56 Å². The molecule has 0 spiro atoms. The molecule has 1 aromatic carbocycles. The topological polar surface area (TPSA) is 56.4 Å². The Labute approximate surface area is 148 Å². The summed E-state index contributed by atoms with van der Waals surface area (Å²) in [5, 5.41) is 0. The lowest BCUT2D eigenvalue weighted by Crippen LogP contribution is -2.54. The molecule has 2 aromatic rings. The molecule has 1 saturated heterocycles. The van der Waals surface area contributed by atoms with Crippen LogP contribution in [-0.4, -0.2) is 46.4 Å². The predicted octanol–water partition coefficient (Wildman–Crippen LogP) is 2.34. The highest BCUT2D eigenvalue weighted by Crippen LogP contribution is 2.16. The highest BCUT2D eigenvalue weighted by atomic mass is 16.2. The smallest absolute Gasteiger partial charge is 0.261 e. The zero-order valence-corrected chi connectivity index (χ0v) is 15.1. The third-order valence-corrected chi connectivity index (χ3v) is 4.80. The van der Waals surface area contributed by atoms with Gasteiger partial charge in [-0.2, -0.15) is 0 Å². The molecule has 0 unspecified atom stereocenters. The minimum atomic E-state index is -0.290. The Bertz CT molecular complexity index is 813. The van der Waals surface area contributed by atoms with E-state index in [1.807, 2.05) is 49.9 Å². The summed E-state index contributed by atoms with van der Waals surface area (Å²) in [7, 11) is 0. The lowest BCUT2D eigenvalue weighted by molar-refractivity contribution is 0.0473. The van der Waals surface area contributed by atoms with Gasteiger partial charge in [0.2, 0.25) is 0 Å². The fraction of sp³-hybridized carbons (Fsp3) is 0.400. The van der Waals surface area contributed by atoms with Gasteiger partial charge in [-0.1, -0.05) is 30.3 Å². The molecule has 0 saturated carbocycles. The number of aromatic amines is 1. The van der Waals surface area contributed by atoms with Crippen LogP contribution in [0.5, 0.6) is 0 Å². The number of aromatic nitrogens is 1. The van der Waals surface area contributed by atoms with Crippen LogP contribution in [0.15, 0.2) is 41.2 Å². The average molecular weight is 339 g/mol. The minimum absolute atomic E-state index is 0.0741. The molecule has 3 rings (SSSR count). The summed E-state index contributed by atoms with van der Waals surface area (Å²) >= 11 is 0. The van der Waals surface area contributed by atoms with Crippen LogP contribution in [0.2, 0.25) is 0 Å². The van der Waals surface area contributed by atoms with E-state index in [1.54, 1.807) is 0 Å². The van der Waals surface area contributed by atoms with E-state index in [0.29, 0.717) is 6.54 Å². The van der Waals surface area contributed by atoms with E-state index in [2.05, 4.69) is 22.0 Å². The van der Waals surface area contributed by atoms with Gasteiger partial charge in [-0.25, -0.2) is 0 Å². The molecule has 1 aliphatic heterocycles. The first-order valence-electron chi connectivity index (χ1n) is 8.73. The van der Waals surface area contributed by atoms with E-state index >= 15 is 0 Å². The fourth-order valence-corrected chi connectivity index (χ4v) is 3.58. The highest BCUT2D eigenvalue weighted by molar-refractivity contribution is 5.95. The number of nitrogens with zero attached hydrogens (tertiary/aromatic N) is 2. The molecule has 2 heterocycles. The Morgan fingerprint density at radius 1 is 1.20 bits per heavy atom. The van der Waals surface area contributed by atoms with Crippen molar-refractivity contribution in [2.24, 2.45) is 0 Å². The molecule has 0 bridgehead atoms. The van der Waals surface area contributed by atoms with E-state index in [-0.39, 0.29) is 23.1 Å². The quantitative estimate of drug-likeness (QED) is 0.934. The number of aryl methyl sites for hydroxylation is 2. The zero-order chi connectivity index (χ0) is 18.0. The standard InChI is InChI=1S/C20H25N3O2/c1-14-11-15(2)21-19(24)18(14)20(25)23-10-9-22(12-16(23)3)13-17-7-5-4-6-8-17/h4-8,11,16H,9-10,12-13H2,1-3H3,(H,21,24)/t16-/m1/s1. The van der Waals surface area contributed by atoms with Crippen LogP contribution in [0.3, 0.4) is 0 Å². The van der Waals surface area contributed by atoms with Gasteiger partial charge in [-0.05, 0) is 38.0 Å². The number of carbonyl (C=O) groups is 1. The molecule has 5 heteroatoms.